The van der Waals surface area contributed by atoms with Gasteiger partial charge in [-0.3, -0.25) is 5.32 Å². The van der Waals surface area contributed by atoms with Crippen LogP contribution >= 0.6 is 22.6 Å². The van der Waals surface area contributed by atoms with Gasteiger partial charge in [0.05, 0.1) is 6.67 Å². The Bertz CT molecular complexity index is 528. The van der Waals surface area contributed by atoms with Crippen molar-refractivity contribution < 1.29 is 0 Å². The van der Waals surface area contributed by atoms with Gasteiger partial charge in [-0.1, -0.05) is 0 Å². The minimum atomic E-state index is 0.959. The number of hydrogen-bond donors (Lipinski definition) is 1. The summed E-state index contributed by atoms with van der Waals surface area (Å²) < 4.78 is 3.73. The van der Waals surface area contributed by atoms with E-state index in [1.54, 1.807) is 0 Å². The predicted octanol–water partition coefficient (Wildman–Crippen LogP) is 2.66. The summed E-state index contributed by atoms with van der Waals surface area (Å²) in [5.74, 6) is 0. The zero-order valence-corrected chi connectivity index (χ0v) is 10.8. The molecule has 2 heterocycles. The first-order valence-corrected chi connectivity index (χ1v) is 6.33. The molecular weight excluding hydrogens is 299 g/mol. The Morgan fingerprint density at radius 3 is 3.13 bits per heavy atom. The molecule has 0 spiro atoms. The quantitative estimate of drug-likeness (QED) is 0.740. The highest BCUT2D eigenvalue weighted by molar-refractivity contribution is 14.1. The first kappa shape index (κ1) is 9.66. The summed E-state index contributed by atoms with van der Waals surface area (Å²) in [5.41, 5.74) is 4.34. The second-order valence-corrected chi connectivity index (χ2v) is 5.31. The number of aromatic nitrogens is 1. The highest BCUT2D eigenvalue weighted by atomic mass is 127. The Kier molecular flexibility index (Phi) is 2.25. The second-order valence-electron chi connectivity index (χ2n) is 4.07. The second kappa shape index (κ2) is 3.49. The van der Waals surface area contributed by atoms with Crippen molar-refractivity contribution in [3.05, 3.63) is 33.0 Å². The standard InChI is InChI=1S/C12H13IN2/c1-8-10-6-9(13)2-3-12(10)15-7-14-5-4-11(8)15/h2-3,6,14H,4-5,7H2,1H3. The van der Waals surface area contributed by atoms with E-state index < -0.39 is 0 Å². The third-order valence-electron chi connectivity index (χ3n) is 3.22. The molecule has 1 aromatic heterocycles. The number of fused-ring (bicyclic) bond motifs is 3. The van der Waals surface area contributed by atoms with Crippen LogP contribution < -0.4 is 5.32 Å². The van der Waals surface area contributed by atoms with Crippen molar-refractivity contribution in [1.82, 2.24) is 9.88 Å². The zero-order valence-electron chi connectivity index (χ0n) is 8.68. The van der Waals surface area contributed by atoms with Crippen molar-refractivity contribution in [2.45, 2.75) is 20.0 Å². The molecule has 0 fully saturated rings. The highest BCUT2D eigenvalue weighted by Crippen LogP contribution is 2.28. The topological polar surface area (TPSA) is 17.0 Å². The van der Waals surface area contributed by atoms with Crippen LogP contribution in [0, 0.1) is 10.5 Å². The van der Waals surface area contributed by atoms with Gasteiger partial charge in [0, 0.05) is 33.1 Å². The van der Waals surface area contributed by atoms with Gasteiger partial charge in [-0.2, -0.15) is 0 Å². The third-order valence-corrected chi connectivity index (χ3v) is 3.89. The van der Waals surface area contributed by atoms with E-state index in [4.69, 9.17) is 0 Å². The van der Waals surface area contributed by atoms with Crippen LogP contribution in [0.3, 0.4) is 0 Å². The van der Waals surface area contributed by atoms with E-state index in [1.807, 2.05) is 0 Å². The lowest BCUT2D eigenvalue weighted by Crippen LogP contribution is -2.28. The van der Waals surface area contributed by atoms with E-state index in [2.05, 4.69) is 57.6 Å². The van der Waals surface area contributed by atoms with Gasteiger partial charge in [0.1, 0.15) is 0 Å². The van der Waals surface area contributed by atoms with Gasteiger partial charge in [0.15, 0.2) is 0 Å². The first-order valence-electron chi connectivity index (χ1n) is 5.25. The number of nitrogens with one attached hydrogen (secondary N) is 1. The van der Waals surface area contributed by atoms with Gasteiger partial charge < -0.3 is 4.57 Å². The van der Waals surface area contributed by atoms with E-state index in [-0.39, 0.29) is 0 Å². The summed E-state index contributed by atoms with van der Waals surface area (Å²) in [4.78, 5) is 0. The summed E-state index contributed by atoms with van der Waals surface area (Å²) >= 11 is 2.38. The molecule has 1 aliphatic heterocycles. The number of rotatable bonds is 0. The van der Waals surface area contributed by atoms with E-state index in [0.717, 1.165) is 19.6 Å². The number of benzene rings is 1. The van der Waals surface area contributed by atoms with Gasteiger partial charge in [0.25, 0.3) is 0 Å². The van der Waals surface area contributed by atoms with Gasteiger partial charge in [-0.05, 0) is 53.3 Å². The van der Waals surface area contributed by atoms with Crippen molar-refractivity contribution >= 4 is 33.5 Å². The molecule has 0 atom stereocenters. The van der Waals surface area contributed by atoms with Crippen LogP contribution in [0.4, 0.5) is 0 Å². The van der Waals surface area contributed by atoms with Crippen molar-refractivity contribution in [3.8, 4) is 0 Å². The average molecular weight is 312 g/mol. The normalized spacial score (nSPS) is 15.6. The molecule has 1 aromatic carbocycles. The van der Waals surface area contributed by atoms with Crippen molar-refractivity contribution in [2.75, 3.05) is 6.54 Å². The Morgan fingerprint density at radius 1 is 1.40 bits per heavy atom. The molecule has 3 heteroatoms. The molecule has 1 aliphatic rings. The molecular formula is C12H13IN2. The summed E-state index contributed by atoms with van der Waals surface area (Å²) in [6.45, 7) is 4.31. The smallest absolute Gasteiger partial charge is 0.0728 e. The third kappa shape index (κ3) is 1.40. The Morgan fingerprint density at radius 2 is 2.27 bits per heavy atom. The number of hydrogen-bond acceptors (Lipinski definition) is 1. The summed E-state index contributed by atoms with van der Waals surface area (Å²) in [5, 5.41) is 4.84. The molecule has 2 aromatic rings. The van der Waals surface area contributed by atoms with Crippen molar-refractivity contribution in [1.29, 1.82) is 0 Å². The fourth-order valence-electron chi connectivity index (χ4n) is 2.45. The Hall–Kier alpha value is -0.550. The molecule has 15 heavy (non-hydrogen) atoms. The minimum Gasteiger partial charge on any atom is -0.331 e. The molecule has 0 amide bonds. The summed E-state index contributed by atoms with van der Waals surface area (Å²) in [6, 6.07) is 6.71. The van der Waals surface area contributed by atoms with Crippen LogP contribution in [0.2, 0.25) is 0 Å². The molecule has 3 rings (SSSR count). The molecule has 0 aliphatic carbocycles. The number of aryl methyl sites for hydroxylation is 1. The molecule has 0 radical (unpaired) electrons. The maximum absolute atomic E-state index is 3.42. The maximum atomic E-state index is 3.42. The lowest BCUT2D eigenvalue weighted by Gasteiger charge is -2.17. The van der Waals surface area contributed by atoms with Crippen LogP contribution in [-0.2, 0) is 13.1 Å². The molecule has 1 N–H and O–H groups in total. The average Bonchev–Trinajstić information content (AvgIpc) is 2.54. The lowest BCUT2D eigenvalue weighted by atomic mass is 10.1. The van der Waals surface area contributed by atoms with E-state index in [9.17, 15) is 0 Å². The molecule has 0 saturated carbocycles. The van der Waals surface area contributed by atoms with Crippen LogP contribution in [0.25, 0.3) is 10.9 Å². The largest absolute Gasteiger partial charge is 0.331 e. The zero-order chi connectivity index (χ0) is 10.4. The maximum Gasteiger partial charge on any atom is 0.0728 e. The first-order chi connectivity index (χ1) is 7.27. The van der Waals surface area contributed by atoms with Crippen molar-refractivity contribution in [2.24, 2.45) is 0 Å². The highest BCUT2D eigenvalue weighted by Gasteiger charge is 2.16. The minimum absolute atomic E-state index is 0.959. The molecule has 0 bridgehead atoms. The summed E-state index contributed by atoms with van der Waals surface area (Å²) in [7, 11) is 0. The van der Waals surface area contributed by atoms with Crippen LogP contribution in [0.1, 0.15) is 11.3 Å². The lowest BCUT2D eigenvalue weighted by molar-refractivity contribution is 0.505. The fraction of sp³-hybridized carbons (Fsp3) is 0.333. The Labute approximate surface area is 103 Å². The SMILES string of the molecule is Cc1c2n(c3ccc(I)cc13)CNCC2. The molecule has 2 nitrogen and oxygen atoms in total. The van der Waals surface area contributed by atoms with E-state index in [1.165, 1.54) is 25.7 Å². The van der Waals surface area contributed by atoms with Gasteiger partial charge in [-0.25, -0.2) is 0 Å². The van der Waals surface area contributed by atoms with E-state index in [0.29, 0.717) is 0 Å². The Balaban J connectivity index is 2.38. The summed E-state index contributed by atoms with van der Waals surface area (Å²) in [6.07, 6.45) is 1.15. The number of nitrogens with zero attached hydrogens (tertiary/aromatic N) is 1. The van der Waals surface area contributed by atoms with E-state index >= 15 is 0 Å². The number of halogens is 1. The van der Waals surface area contributed by atoms with Crippen LogP contribution in [0.15, 0.2) is 18.2 Å². The van der Waals surface area contributed by atoms with Gasteiger partial charge >= 0.3 is 0 Å². The van der Waals surface area contributed by atoms with Crippen LogP contribution in [-0.4, -0.2) is 11.1 Å². The van der Waals surface area contributed by atoms with Gasteiger partial charge in [0.2, 0.25) is 0 Å². The van der Waals surface area contributed by atoms with Crippen molar-refractivity contribution in [3.63, 3.8) is 0 Å². The van der Waals surface area contributed by atoms with Crippen LogP contribution in [0.5, 0.6) is 0 Å². The monoisotopic (exact) mass is 312 g/mol. The fourth-order valence-corrected chi connectivity index (χ4v) is 2.94. The molecule has 78 valence electrons. The molecule has 0 saturated heterocycles. The van der Waals surface area contributed by atoms with Gasteiger partial charge in [-0.15, -0.1) is 0 Å². The predicted molar refractivity (Wildman–Crippen MR) is 71.1 cm³/mol. The molecule has 0 unspecified atom stereocenters.